The first-order chi connectivity index (χ1) is 9.67. The molecule has 1 atom stereocenters. The van der Waals surface area contributed by atoms with E-state index in [-0.39, 0.29) is 11.8 Å². The Morgan fingerprint density at radius 3 is 3.20 bits per heavy atom. The zero-order valence-electron chi connectivity index (χ0n) is 11.0. The molecule has 8 heteroatoms. The first kappa shape index (κ1) is 13.5. The average molecular weight is 295 g/mol. The van der Waals surface area contributed by atoms with Crippen molar-refractivity contribution in [2.45, 2.75) is 25.4 Å². The number of carbonyl (C=O) groups excluding carboxylic acids is 2. The molecule has 1 aromatic rings. The molecule has 20 heavy (non-hydrogen) atoms. The van der Waals surface area contributed by atoms with Gasteiger partial charge in [0.2, 0.25) is 5.91 Å². The van der Waals surface area contributed by atoms with Crippen LogP contribution in [0.3, 0.4) is 0 Å². The van der Waals surface area contributed by atoms with Crippen LogP contribution in [0, 0.1) is 0 Å². The predicted molar refractivity (Wildman–Crippen MR) is 73.8 cm³/mol. The number of fused-ring (bicyclic) bond motifs is 1. The van der Waals surface area contributed by atoms with Crippen LogP contribution in [0.5, 0.6) is 0 Å². The molecule has 3 rings (SSSR count). The van der Waals surface area contributed by atoms with Crippen LogP contribution in [-0.2, 0) is 11.3 Å². The molecule has 3 heterocycles. The first-order valence-corrected chi connectivity index (χ1v) is 7.52. The third-order valence-corrected chi connectivity index (χ3v) is 4.73. The Balaban J connectivity index is 1.60. The number of nitrogens with one attached hydrogen (secondary N) is 1. The molecular weight excluding hydrogens is 278 g/mol. The summed E-state index contributed by atoms with van der Waals surface area (Å²) in [6.07, 6.45) is 1.63. The lowest BCUT2D eigenvalue weighted by Gasteiger charge is -2.37. The van der Waals surface area contributed by atoms with E-state index in [1.807, 2.05) is 10.3 Å². The van der Waals surface area contributed by atoms with Gasteiger partial charge in [-0.1, -0.05) is 0 Å². The molecule has 0 saturated carbocycles. The molecule has 3 N–H and O–H groups in total. The van der Waals surface area contributed by atoms with Crippen LogP contribution in [-0.4, -0.2) is 52.3 Å². The van der Waals surface area contributed by atoms with E-state index < -0.39 is 0 Å². The molecule has 108 valence electrons. The van der Waals surface area contributed by atoms with Gasteiger partial charge in [-0.15, -0.1) is 11.3 Å². The number of aromatic nitrogens is 1. The molecule has 1 aromatic heterocycles. The molecule has 7 nitrogen and oxygen atoms in total. The fourth-order valence-electron chi connectivity index (χ4n) is 2.85. The van der Waals surface area contributed by atoms with E-state index in [9.17, 15) is 9.59 Å². The number of carbonyl (C=O) groups is 2. The minimum Gasteiger partial charge on any atom is -0.337 e. The Hall–Kier alpha value is -1.51. The van der Waals surface area contributed by atoms with Gasteiger partial charge in [-0.25, -0.2) is 10.8 Å². The number of hydrogen-bond donors (Lipinski definition) is 2. The van der Waals surface area contributed by atoms with Crippen LogP contribution in [0.25, 0.3) is 0 Å². The minimum atomic E-state index is -0.354. The second-order valence-corrected chi connectivity index (χ2v) is 5.99. The highest BCUT2D eigenvalue weighted by Crippen LogP contribution is 2.24. The summed E-state index contributed by atoms with van der Waals surface area (Å²) in [5.74, 6) is 5.02. The van der Waals surface area contributed by atoms with Crippen molar-refractivity contribution in [1.29, 1.82) is 0 Å². The Bertz CT molecular complexity index is 532. The number of thiazole rings is 1. The smallest absolute Gasteiger partial charge is 0.294 e. The topological polar surface area (TPSA) is 91.6 Å². The molecule has 0 aliphatic carbocycles. The summed E-state index contributed by atoms with van der Waals surface area (Å²) >= 11 is 1.30. The van der Waals surface area contributed by atoms with Crippen molar-refractivity contribution >= 4 is 23.2 Å². The fourth-order valence-corrected chi connectivity index (χ4v) is 3.56. The summed E-state index contributed by atoms with van der Waals surface area (Å²) in [5.41, 5.74) is 2.97. The highest BCUT2D eigenvalue weighted by molar-refractivity contribution is 7.11. The van der Waals surface area contributed by atoms with Gasteiger partial charge >= 0.3 is 0 Å². The number of nitrogens with two attached hydrogens (primary N) is 1. The van der Waals surface area contributed by atoms with Crippen LogP contribution in [0.4, 0.5) is 0 Å². The number of nitrogens with zero attached hydrogens (tertiary/aromatic N) is 3. The van der Waals surface area contributed by atoms with Crippen LogP contribution < -0.4 is 11.3 Å². The lowest BCUT2D eigenvalue weighted by atomic mass is 10.1. The van der Waals surface area contributed by atoms with E-state index in [4.69, 9.17) is 5.84 Å². The van der Waals surface area contributed by atoms with Crippen molar-refractivity contribution in [2.75, 3.05) is 19.6 Å². The maximum Gasteiger partial charge on any atom is 0.294 e. The summed E-state index contributed by atoms with van der Waals surface area (Å²) in [4.78, 5) is 31.5. The molecule has 2 aliphatic rings. The van der Waals surface area contributed by atoms with Crippen LogP contribution in [0.2, 0.25) is 0 Å². The van der Waals surface area contributed by atoms with E-state index in [0.717, 1.165) is 31.7 Å². The van der Waals surface area contributed by atoms with Crippen molar-refractivity contribution in [3.05, 3.63) is 16.1 Å². The molecule has 2 aliphatic heterocycles. The molecular formula is C12H17N5O2S. The molecule has 0 spiro atoms. The standard InChI is InChI=1S/C12H17N5O2S/c13-15-11(19)12-14-8(7-20-12)5-16-3-4-17-9(6-16)1-2-10(17)18/h7,9H,1-6,13H2,(H,15,19). The van der Waals surface area contributed by atoms with Gasteiger partial charge in [0.15, 0.2) is 5.01 Å². The first-order valence-electron chi connectivity index (χ1n) is 6.64. The lowest BCUT2D eigenvalue weighted by molar-refractivity contribution is -0.130. The maximum atomic E-state index is 11.6. The van der Waals surface area contributed by atoms with Crippen molar-refractivity contribution in [2.24, 2.45) is 5.84 Å². The SMILES string of the molecule is NNC(=O)c1nc(CN2CCN3C(=O)CCC3C2)cs1. The summed E-state index contributed by atoms with van der Waals surface area (Å²) in [6.45, 7) is 3.26. The molecule has 2 amide bonds. The summed E-state index contributed by atoms with van der Waals surface area (Å²) < 4.78 is 0. The van der Waals surface area contributed by atoms with Crippen LogP contribution in [0.1, 0.15) is 28.3 Å². The largest absolute Gasteiger partial charge is 0.337 e. The Kier molecular flexibility index (Phi) is 3.68. The molecule has 0 radical (unpaired) electrons. The molecule has 0 aromatic carbocycles. The van der Waals surface area contributed by atoms with E-state index in [0.29, 0.717) is 24.0 Å². The number of nitrogen functional groups attached to an aromatic ring is 1. The highest BCUT2D eigenvalue weighted by Gasteiger charge is 2.35. The molecule has 0 bridgehead atoms. The second-order valence-electron chi connectivity index (χ2n) is 5.13. The van der Waals surface area contributed by atoms with Gasteiger partial charge < -0.3 is 4.90 Å². The average Bonchev–Trinajstić information content (AvgIpc) is 3.06. The highest BCUT2D eigenvalue weighted by atomic mass is 32.1. The Morgan fingerprint density at radius 1 is 1.55 bits per heavy atom. The molecule has 2 saturated heterocycles. The van der Waals surface area contributed by atoms with Gasteiger partial charge in [-0.3, -0.25) is 19.9 Å². The van der Waals surface area contributed by atoms with Gasteiger partial charge in [0.1, 0.15) is 0 Å². The molecule has 2 fully saturated rings. The summed E-state index contributed by atoms with van der Waals surface area (Å²) in [6, 6.07) is 0.349. The summed E-state index contributed by atoms with van der Waals surface area (Å²) in [7, 11) is 0. The van der Waals surface area contributed by atoms with Gasteiger partial charge in [-0.2, -0.15) is 0 Å². The van der Waals surface area contributed by atoms with E-state index >= 15 is 0 Å². The van der Waals surface area contributed by atoms with E-state index in [1.165, 1.54) is 11.3 Å². The maximum absolute atomic E-state index is 11.6. The second kappa shape index (κ2) is 5.47. The number of hydrogen-bond acceptors (Lipinski definition) is 6. The summed E-state index contributed by atoms with van der Waals surface area (Å²) in [5, 5.41) is 2.27. The van der Waals surface area contributed by atoms with Crippen LogP contribution >= 0.6 is 11.3 Å². The normalized spacial score (nSPS) is 22.9. The fraction of sp³-hybridized carbons (Fsp3) is 0.583. The van der Waals surface area contributed by atoms with Crippen LogP contribution in [0.15, 0.2) is 5.38 Å². The number of piperazine rings is 1. The number of amides is 2. The van der Waals surface area contributed by atoms with Gasteiger partial charge in [-0.05, 0) is 6.42 Å². The quantitative estimate of drug-likeness (QED) is 0.448. The molecule has 1 unspecified atom stereocenters. The zero-order chi connectivity index (χ0) is 14.1. The van der Waals surface area contributed by atoms with Crippen molar-refractivity contribution in [3.8, 4) is 0 Å². The van der Waals surface area contributed by atoms with Crippen molar-refractivity contribution in [3.63, 3.8) is 0 Å². The lowest BCUT2D eigenvalue weighted by Crippen LogP contribution is -2.50. The third kappa shape index (κ3) is 2.54. The Morgan fingerprint density at radius 2 is 2.40 bits per heavy atom. The van der Waals surface area contributed by atoms with Crippen molar-refractivity contribution in [1.82, 2.24) is 20.2 Å². The van der Waals surface area contributed by atoms with Gasteiger partial charge in [0.05, 0.1) is 5.69 Å². The van der Waals surface area contributed by atoms with E-state index in [1.54, 1.807) is 0 Å². The zero-order valence-corrected chi connectivity index (χ0v) is 11.9. The monoisotopic (exact) mass is 295 g/mol. The minimum absolute atomic E-state index is 0.283. The Labute approximate surface area is 120 Å². The predicted octanol–water partition coefficient (Wildman–Crippen LogP) is -0.447. The number of rotatable bonds is 3. The van der Waals surface area contributed by atoms with Gasteiger partial charge in [0.25, 0.3) is 5.91 Å². The third-order valence-electron chi connectivity index (χ3n) is 3.84. The van der Waals surface area contributed by atoms with Gasteiger partial charge in [0, 0.05) is 44.0 Å². The number of hydrazine groups is 1. The van der Waals surface area contributed by atoms with Crippen molar-refractivity contribution < 1.29 is 9.59 Å². The van der Waals surface area contributed by atoms with E-state index in [2.05, 4.69) is 15.3 Å².